The van der Waals surface area contributed by atoms with E-state index in [1.54, 1.807) is 25.2 Å². The van der Waals surface area contributed by atoms with Crippen LogP contribution in [0.2, 0.25) is 0 Å². The lowest BCUT2D eigenvalue weighted by atomic mass is 10.1. The van der Waals surface area contributed by atoms with Crippen LogP contribution < -0.4 is 19.5 Å². The van der Waals surface area contributed by atoms with Gasteiger partial charge in [-0.15, -0.1) is 5.10 Å². The Labute approximate surface area is 164 Å². The number of hydrogen-bond acceptors (Lipinski definition) is 6. The minimum Gasteiger partial charge on any atom is -0.493 e. The van der Waals surface area contributed by atoms with Gasteiger partial charge in [0.25, 0.3) is 0 Å². The lowest BCUT2D eigenvalue weighted by molar-refractivity contribution is 0.0968. The molecule has 1 aromatic carbocycles. The molecule has 28 heavy (non-hydrogen) atoms. The van der Waals surface area contributed by atoms with E-state index in [4.69, 9.17) is 14.2 Å². The van der Waals surface area contributed by atoms with Crippen molar-refractivity contribution in [3.05, 3.63) is 41.6 Å². The molecule has 150 valence electrons. The number of aromatic nitrogens is 2. The zero-order valence-corrected chi connectivity index (χ0v) is 16.5. The van der Waals surface area contributed by atoms with Gasteiger partial charge in [0.1, 0.15) is 6.10 Å². The van der Waals surface area contributed by atoms with Gasteiger partial charge < -0.3 is 24.4 Å². The molecular weight excluding hydrogens is 360 g/mol. The van der Waals surface area contributed by atoms with Gasteiger partial charge in [-0.05, 0) is 43.5 Å². The fraction of sp³-hybridized carbons (Fsp3) is 0.450. The number of carbonyl (C=O) groups is 1. The van der Waals surface area contributed by atoms with Crippen molar-refractivity contribution in [2.45, 2.75) is 32.4 Å². The summed E-state index contributed by atoms with van der Waals surface area (Å²) in [6.07, 6.45) is 1.68. The molecule has 1 atom stereocenters. The number of benzene rings is 1. The predicted molar refractivity (Wildman–Crippen MR) is 104 cm³/mol. The molecule has 0 saturated carbocycles. The van der Waals surface area contributed by atoms with Gasteiger partial charge in [0.15, 0.2) is 11.5 Å². The second-order valence-corrected chi connectivity index (χ2v) is 6.69. The third-order valence-electron chi connectivity index (χ3n) is 4.62. The number of aryl methyl sites for hydroxylation is 1. The molecule has 0 spiro atoms. The number of methoxy groups -OCH3 is 2. The van der Waals surface area contributed by atoms with Crippen LogP contribution in [0.1, 0.15) is 24.1 Å². The molecule has 1 N–H and O–H groups in total. The molecule has 2 heterocycles. The molecule has 1 saturated heterocycles. The Balaban J connectivity index is 1.53. The number of amides is 2. The molecular formula is C20H26N4O4. The zero-order chi connectivity index (χ0) is 19.9. The molecule has 1 unspecified atom stereocenters. The minimum absolute atomic E-state index is 0.0856. The van der Waals surface area contributed by atoms with Crippen LogP contribution in [0, 0.1) is 6.92 Å². The van der Waals surface area contributed by atoms with Crippen molar-refractivity contribution in [2.24, 2.45) is 0 Å². The Kier molecular flexibility index (Phi) is 6.52. The summed E-state index contributed by atoms with van der Waals surface area (Å²) < 4.78 is 16.4. The van der Waals surface area contributed by atoms with Gasteiger partial charge in [0.05, 0.1) is 26.5 Å². The Hall–Kier alpha value is -3.03. The maximum absolute atomic E-state index is 12.6. The first-order chi connectivity index (χ1) is 13.6. The van der Waals surface area contributed by atoms with Crippen LogP contribution in [0.25, 0.3) is 0 Å². The van der Waals surface area contributed by atoms with E-state index in [-0.39, 0.29) is 12.1 Å². The van der Waals surface area contributed by atoms with Crippen molar-refractivity contribution in [1.29, 1.82) is 0 Å². The van der Waals surface area contributed by atoms with Gasteiger partial charge in [-0.2, -0.15) is 5.10 Å². The summed E-state index contributed by atoms with van der Waals surface area (Å²) >= 11 is 0. The fourth-order valence-electron chi connectivity index (χ4n) is 3.12. The molecule has 2 amide bonds. The van der Waals surface area contributed by atoms with Crippen molar-refractivity contribution in [1.82, 2.24) is 20.4 Å². The summed E-state index contributed by atoms with van der Waals surface area (Å²) in [5.41, 5.74) is 1.78. The summed E-state index contributed by atoms with van der Waals surface area (Å²) in [4.78, 5) is 14.3. The van der Waals surface area contributed by atoms with Gasteiger partial charge in [0, 0.05) is 19.2 Å². The number of piperidine rings is 1. The van der Waals surface area contributed by atoms with E-state index < -0.39 is 0 Å². The quantitative estimate of drug-likeness (QED) is 0.821. The molecule has 1 aliphatic heterocycles. The average Bonchev–Trinajstić information content (AvgIpc) is 2.73. The van der Waals surface area contributed by atoms with Gasteiger partial charge in [0.2, 0.25) is 5.88 Å². The van der Waals surface area contributed by atoms with Crippen LogP contribution in [0.3, 0.4) is 0 Å². The van der Waals surface area contributed by atoms with Crippen molar-refractivity contribution in [3.63, 3.8) is 0 Å². The van der Waals surface area contributed by atoms with Crippen LogP contribution in [-0.4, -0.2) is 54.5 Å². The molecule has 2 aromatic rings. The molecule has 1 aliphatic rings. The number of carbonyl (C=O) groups excluding carboxylic acids is 1. The van der Waals surface area contributed by atoms with E-state index in [0.29, 0.717) is 37.0 Å². The number of nitrogens with zero attached hydrogens (tertiary/aromatic N) is 3. The summed E-state index contributed by atoms with van der Waals surface area (Å²) in [7, 11) is 3.18. The number of rotatable bonds is 6. The highest BCUT2D eigenvalue weighted by Gasteiger charge is 2.25. The van der Waals surface area contributed by atoms with Gasteiger partial charge >= 0.3 is 6.03 Å². The van der Waals surface area contributed by atoms with Crippen LogP contribution in [0.5, 0.6) is 17.4 Å². The zero-order valence-electron chi connectivity index (χ0n) is 16.5. The molecule has 8 nitrogen and oxygen atoms in total. The third-order valence-corrected chi connectivity index (χ3v) is 4.62. The second-order valence-electron chi connectivity index (χ2n) is 6.69. The van der Waals surface area contributed by atoms with Gasteiger partial charge in [-0.3, -0.25) is 0 Å². The van der Waals surface area contributed by atoms with Crippen molar-refractivity contribution in [2.75, 3.05) is 27.3 Å². The molecule has 3 rings (SSSR count). The van der Waals surface area contributed by atoms with Gasteiger partial charge in [-0.1, -0.05) is 6.07 Å². The monoisotopic (exact) mass is 386 g/mol. The predicted octanol–water partition coefficient (Wildman–Crippen LogP) is 2.56. The summed E-state index contributed by atoms with van der Waals surface area (Å²) in [6, 6.07) is 9.14. The summed E-state index contributed by atoms with van der Waals surface area (Å²) in [5.74, 6) is 1.79. The van der Waals surface area contributed by atoms with E-state index >= 15 is 0 Å². The van der Waals surface area contributed by atoms with Crippen LogP contribution in [-0.2, 0) is 6.54 Å². The van der Waals surface area contributed by atoms with Gasteiger partial charge in [-0.25, -0.2) is 4.79 Å². The summed E-state index contributed by atoms with van der Waals surface area (Å²) in [5, 5.41) is 11.0. The highest BCUT2D eigenvalue weighted by molar-refractivity contribution is 5.74. The normalized spacial score (nSPS) is 16.4. The Morgan fingerprint density at radius 1 is 1.18 bits per heavy atom. The molecule has 0 radical (unpaired) electrons. The van der Waals surface area contributed by atoms with Crippen LogP contribution >= 0.6 is 0 Å². The standard InChI is InChI=1S/C20H26N4O4/c1-14-6-9-19(23-22-14)28-16-5-4-10-24(13-16)20(25)21-12-15-7-8-17(26-2)18(11-15)27-3/h6-9,11,16H,4-5,10,12-13H2,1-3H3,(H,21,25). The number of likely N-dealkylation sites (tertiary alicyclic amines) is 1. The average molecular weight is 386 g/mol. The number of urea groups is 1. The number of ether oxygens (including phenoxy) is 3. The number of hydrogen-bond donors (Lipinski definition) is 1. The second kappa shape index (κ2) is 9.25. The highest BCUT2D eigenvalue weighted by Crippen LogP contribution is 2.27. The smallest absolute Gasteiger partial charge is 0.317 e. The SMILES string of the molecule is COc1ccc(CNC(=O)N2CCCC(Oc3ccc(C)nn3)C2)cc1OC. The van der Waals surface area contributed by atoms with Crippen molar-refractivity contribution in [3.8, 4) is 17.4 Å². The highest BCUT2D eigenvalue weighted by atomic mass is 16.5. The minimum atomic E-state index is -0.113. The largest absolute Gasteiger partial charge is 0.493 e. The molecule has 1 fully saturated rings. The van der Waals surface area contributed by atoms with E-state index in [0.717, 1.165) is 24.1 Å². The molecule has 1 aromatic heterocycles. The fourth-order valence-corrected chi connectivity index (χ4v) is 3.12. The topological polar surface area (TPSA) is 85.8 Å². The maximum atomic E-state index is 12.6. The lowest BCUT2D eigenvalue weighted by Crippen LogP contribution is -2.48. The number of nitrogens with one attached hydrogen (secondary N) is 1. The summed E-state index contributed by atoms with van der Waals surface area (Å²) in [6.45, 7) is 3.51. The maximum Gasteiger partial charge on any atom is 0.317 e. The Morgan fingerprint density at radius 3 is 2.71 bits per heavy atom. The van der Waals surface area contributed by atoms with E-state index in [1.807, 2.05) is 31.2 Å². The van der Waals surface area contributed by atoms with E-state index in [9.17, 15) is 4.79 Å². The first kappa shape index (κ1) is 19.7. The molecule has 0 bridgehead atoms. The van der Waals surface area contributed by atoms with Crippen molar-refractivity contribution < 1.29 is 19.0 Å². The molecule has 8 heteroatoms. The Morgan fingerprint density at radius 2 is 2.00 bits per heavy atom. The Bertz CT molecular complexity index is 797. The first-order valence-corrected chi connectivity index (χ1v) is 9.29. The van der Waals surface area contributed by atoms with Crippen LogP contribution in [0.4, 0.5) is 4.79 Å². The first-order valence-electron chi connectivity index (χ1n) is 9.29. The van der Waals surface area contributed by atoms with E-state index in [1.165, 1.54) is 0 Å². The third kappa shape index (κ3) is 5.03. The lowest BCUT2D eigenvalue weighted by Gasteiger charge is -2.32. The molecule has 0 aliphatic carbocycles. The van der Waals surface area contributed by atoms with E-state index in [2.05, 4.69) is 15.5 Å². The van der Waals surface area contributed by atoms with Crippen LogP contribution in [0.15, 0.2) is 30.3 Å². The van der Waals surface area contributed by atoms with Crippen molar-refractivity contribution >= 4 is 6.03 Å².